The largest absolute Gasteiger partial charge is 0.144 e. The monoisotopic (exact) mass is 236 g/mol. The molecule has 1 aromatic heterocycles. The summed E-state index contributed by atoms with van der Waals surface area (Å²) in [5.74, 6) is 0. The fourth-order valence-electron chi connectivity index (χ4n) is 1.90. The summed E-state index contributed by atoms with van der Waals surface area (Å²) < 4.78 is 0. The van der Waals surface area contributed by atoms with Gasteiger partial charge in [-0.15, -0.1) is 11.3 Å². The molecule has 0 nitrogen and oxygen atoms in total. The lowest BCUT2D eigenvalue weighted by molar-refractivity contribution is 1.62. The van der Waals surface area contributed by atoms with Crippen molar-refractivity contribution in [3.8, 4) is 21.6 Å². The molecule has 0 aliphatic rings. The summed E-state index contributed by atoms with van der Waals surface area (Å²) in [7, 11) is 0. The summed E-state index contributed by atoms with van der Waals surface area (Å²) in [5, 5.41) is 2.11. The first-order valence-corrected chi connectivity index (χ1v) is 6.51. The highest BCUT2D eigenvalue weighted by Crippen LogP contribution is 2.27. The molecule has 0 aliphatic carbocycles. The minimum Gasteiger partial charge on any atom is -0.144 e. The van der Waals surface area contributed by atoms with Gasteiger partial charge < -0.3 is 0 Å². The maximum Gasteiger partial charge on any atom is 0.0342 e. The van der Waals surface area contributed by atoms with Crippen molar-refractivity contribution in [2.24, 2.45) is 0 Å². The summed E-state index contributed by atoms with van der Waals surface area (Å²) in [6.45, 7) is 0. The second-order valence-electron chi connectivity index (χ2n) is 3.92. The van der Waals surface area contributed by atoms with Gasteiger partial charge in [-0.25, -0.2) is 0 Å². The Bertz CT molecular complexity index is 577. The van der Waals surface area contributed by atoms with E-state index in [9.17, 15) is 0 Å². The second kappa shape index (κ2) is 4.56. The van der Waals surface area contributed by atoms with E-state index in [1.165, 1.54) is 21.6 Å². The van der Waals surface area contributed by atoms with Crippen LogP contribution in [-0.4, -0.2) is 0 Å². The van der Waals surface area contributed by atoms with E-state index < -0.39 is 0 Å². The van der Waals surface area contributed by atoms with Crippen LogP contribution >= 0.6 is 11.3 Å². The molecule has 1 heterocycles. The van der Waals surface area contributed by atoms with E-state index in [4.69, 9.17) is 0 Å². The Kier molecular flexibility index (Phi) is 2.76. The third-order valence-corrected chi connectivity index (χ3v) is 3.72. The van der Waals surface area contributed by atoms with Gasteiger partial charge in [-0.3, -0.25) is 0 Å². The summed E-state index contributed by atoms with van der Waals surface area (Å²) in [6, 6.07) is 23.5. The van der Waals surface area contributed by atoms with E-state index in [0.717, 1.165) is 0 Å². The van der Waals surface area contributed by atoms with Crippen molar-refractivity contribution in [1.29, 1.82) is 0 Å². The van der Waals surface area contributed by atoms with Crippen molar-refractivity contribution in [2.45, 2.75) is 0 Å². The van der Waals surface area contributed by atoms with Crippen molar-refractivity contribution in [2.75, 3.05) is 0 Å². The van der Waals surface area contributed by atoms with Gasteiger partial charge in [0.1, 0.15) is 0 Å². The van der Waals surface area contributed by atoms with Gasteiger partial charge in [0.25, 0.3) is 0 Å². The predicted molar refractivity (Wildman–Crippen MR) is 75.2 cm³/mol. The van der Waals surface area contributed by atoms with Gasteiger partial charge in [-0.1, -0.05) is 60.7 Å². The zero-order valence-corrected chi connectivity index (χ0v) is 10.2. The Morgan fingerprint density at radius 2 is 1.18 bits per heavy atom. The summed E-state index contributed by atoms with van der Waals surface area (Å²) in [6.07, 6.45) is 0. The van der Waals surface area contributed by atoms with Gasteiger partial charge in [0.15, 0.2) is 0 Å². The zero-order valence-electron chi connectivity index (χ0n) is 9.34. The maximum absolute atomic E-state index is 2.19. The molecule has 0 spiro atoms. The first-order chi connectivity index (χ1) is 8.43. The molecule has 1 heteroatoms. The van der Waals surface area contributed by atoms with Crippen LogP contribution < -0.4 is 0 Å². The lowest BCUT2D eigenvalue weighted by Crippen LogP contribution is -1.77. The van der Waals surface area contributed by atoms with E-state index >= 15 is 0 Å². The highest BCUT2D eigenvalue weighted by molar-refractivity contribution is 7.13. The molecule has 0 saturated carbocycles. The predicted octanol–water partition coefficient (Wildman–Crippen LogP) is 5.08. The van der Waals surface area contributed by atoms with E-state index in [1.54, 1.807) is 11.3 Å². The SMILES string of the molecule is c1ccc(-c2ccc(-c3cccs3)cc2)cc1. The molecule has 0 fully saturated rings. The van der Waals surface area contributed by atoms with Gasteiger partial charge in [0.2, 0.25) is 0 Å². The van der Waals surface area contributed by atoms with Gasteiger partial charge in [0, 0.05) is 4.88 Å². The van der Waals surface area contributed by atoms with E-state index in [1.807, 2.05) is 6.07 Å². The molecule has 0 bridgehead atoms. The molecule has 0 atom stereocenters. The van der Waals surface area contributed by atoms with Crippen LogP contribution in [0, 0.1) is 0 Å². The Hall–Kier alpha value is -1.86. The van der Waals surface area contributed by atoms with Gasteiger partial charge >= 0.3 is 0 Å². The Morgan fingerprint density at radius 1 is 0.529 bits per heavy atom. The number of rotatable bonds is 2. The van der Waals surface area contributed by atoms with Crippen molar-refractivity contribution in [3.63, 3.8) is 0 Å². The summed E-state index contributed by atoms with van der Waals surface area (Å²) in [4.78, 5) is 1.32. The molecule has 82 valence electrons. The Labute approximate surface area is 105 Å². The van der Waals surface area contributed by atoms with E-state index in [2.05, 4.69) is 66.0 Å². The average Bonchev–Trinajstić information content (AvgIpc) is 2.94. The van der Waals surface area contributed by atoms with Crippen LogP contribution in [0.3, 0.4) is 0 Å². The van der Waals surface area contributed by atoms with Crippen LogP contribution in [0.4, 0.5) is 0 Å². The van der Waals surface area contributed by atoms with Crippen molar-refractivity contribution in [1.82, 2.24) is 0 Å². The molecular formula is C16H12S. The molecule has 0 aliphatic heterocycles. The van der Waals surface area contributed by atoms with Crippen LogP contribution in [0.2, 0.25) is 0 Å². The molecule has 0 unspecified atom stereocenters. The van der Waals surface area contributed by atoms with E-state index in [0.29, 0.717) is 0 Å². The normalized spacial score (nSPS) is 10.4. The van der Waals surface area contributed by atoms with Crippen LogP contribution in [0.5, 0.6) is 0 Å². The minimum absolute atomic E-state index is 1.27. The van der Waals surface area contributed by atoms with Crippen molar-refractivity contribution in [3.05, 3.63) is 72.1 Å². The zero-order chi connectivity index (χ0) is 11.5. The second-order valence-corrected chi connectivity index (χ2v) is 4.87. The fourth-order valence-corrected chi connectivity index (χ4v) is 2.63. The lowest BCUT2D eigenvalue weighted by atomic mass is 10.0. The standard InChI is InChI=1S/C16H12S/c1-2-5-13(6-3-1)14-8-10-15(11-9-14)16-7-4-12-17-16/h1-12H. The highest BCUT2D eigenvalue weighted by Gasteiger charge is 1.99. The first-order valence-electron chi connectivity index (χ1n) is 5.63. The van der Waals surface area contributed by atoms with Crippen molar-refractivity contribution < 1.29 is 0 Å². The van der Waals surface area contributed by atoms with Crippen LogP contribution in [0.15, 0.2) is 72.1 Å². The quantitative estimate of drug-likeness (QED) is 0.582. The van der Waals surface area contributed by atoms with Crippen molar-refractivity contribution >= 4 is 11.3 Å². The molecule has 17 heavy (non-hydrogen) atoms. The number of benzene rings is 2. The van der Waals surface area contributed by atoms with Crippen LogP contribution in [0.1, 0.15) is 0 Å². The average molecular weight is 236 g/mol. The van der Waals surface area contributed by atoms with Gasteiger partial charge in [0.05, 0.1) is 0 Å². The number of hydrogen-bond donors (Lipinski definition) is 0. The molecule has 0 amide bonds. The summed E-state index contributed by atoms with van der Waals surface area (Å²) in [5.41, 5.74) is 3.83. The number of hydrogen-bond acceptors (Lipinski definition) is 1. The van der Waals surface area contributed by atoms with Gasteiger partial charge in [-0.05, 0) is 28.1 Å². The first kappa shape index (κ1) is 10.3. The minimum atomic E-state index is 1.27. The Morgan fingerprint density at radius 3 is 1.82 bits per heavy atom. The molecule has 3 aromatic rings. The topological polar surface area (TPSA) is 0 Å². The van der Waals surface area contributed by atoms with E-state index in [-0.39, 0.29) is 0 Å². The third kappa shape index (κ3) is 2.15. The van der Waals surface area contributed by atoms with Crippen LogP contribution in [0.25, 0.3) is 21.6 Å². The van der Waals surface area contributed by atoms with Gasteiger partial charge in [-0.2, -0.15) is 0 Å². The Balaban J connectivity index is 1.96. The third-order valence-electron chi connectivity index (χ3n) is 2.80. The molecule has 0 radical (unpaired) electrons. The smallest absolute Gasteiger partial charge is 0.0342 e. The molecule has 2 aromatic carbocycles. The lowest BCUT2D eigenvalue weighted by Gasteiger charge is -2.02. The fraction of sp³-hybridized carbons (Fsp3) is 0. The molecule has 0 N–H and O–H groups in total. The highest BCUT2D eigenvalue weighted by atomic mass is 32.1. The molecule has 3 rings (SSSR count). The molecular weight excluding hydrogens is 224 g/mol. The maximum atomic E-state index is 2.19. The van der Waals surface area contributed by atoms with Crippen LogP contribution in [-0.2, 0) is 0 Å². The number of thiophene rings is 1. The summed E-state index contributed by atoms with van der Waals surface area (Å²) >= 11 is 1.78. The molecule has 0 saturated heterocycles.